The molecule has 36 heavy (non-hydrogen) atoms. The minimum Gasteiger partial charge on any atom is -0.385 e. The summed E-state index contributed by atoms with van der Waals surface area (Å²) in [6.07, 6.45) is 7.19. The third kappa shape index (κ3) is 4.99. The Bertz CT molecular complexity index is 1360. The van der Waals surface area contributed by atoms with E-state index >= 15 is 0 Å². The number of aromatic nitrogens is 5. The number of imidazole rings is 1. The van der Waals surface area contributed by atoms with Crippen molar-refractivity contribution in [2.75, 3.05) is 32.1 Å². The number of rotatable bonds is 8. The quantitative estimate of drug-likeness (QED) is 0.366. The van der Waals surface area contributed by atoms with Gasteiger partial charge in [-0.1, -0.05) is 12.1 Å². The summed E-state index contributed by atoms with van der Waals surface area (Å²) in [5.41, 5.74) is 3.87. The van der Waals surface area contributed by atoms with Crippen molar-refractivity contribution in [2.24, 2.45) is 0 Å². The molecule has 1 aliphatic heterocycles. The van der Waals surface area contributed by atoms with Crippen LogP contribution in [0, 0.1) is 0 Å². The lowest BCUT2D eigenvalue weighted by molar-refractivity contribution is 0.0724. The van der Waals surface area contributed by atoms with Crippen LogP contribution in [0.3, 0.4) is 0 Å². The number of methoxy groups -OCH3 is 1. The molecule has 5 rings (SSSR count). The Morgan fingerprint density at radius 1 is 1.11 bits per heavy atom. The SMILES string of the molecule is COCCCn1c(NC(=O)c2cccc(-c3ccn[nH]3)c2)nc2cc(C(=O)N3CCCCC3)cnc21. The fourth-order valence-electron chi connectivity index (χ4n) is 4.50. The van der Waals surface area contributed by atoms with Gasteiger partial charge in [-0.15, -0.1) is 0 Å². The van der Waals surface area contributed by atoms with Crippen molar-refractivity contribution in [1.29, 1.82) is 0 Å². The standard InChI is InChI=1S/C26H29N7O3/c1-36-14-6-13-33-23-22(16-20(17-27-23)25(35)32-11-3-2-4-12-32)29-26(33)30-24(34)19-8-5-7-18(15-19)21-9-10-28-31-21/h5,7-10,15-17H,2-4,6,11-14H2,1H3,(H,28,31)(H,29,30,34). The van der Waals surface area contributed by atoms with Gasteiger partial charge in [-0.05, 0) is 49.9 Å². The Hall–Kier alpha value is -4.05. The zero-order chi connectivity index (χ0) is 24.9. The molecule has 1 aliphatic rings. The second-order valence-electron chi connectivity index (χ2n) is 8.86. The maximum atomic E-state index is 13.2. The van der Waals surface area contributed by atoms with Crippen LogP contribution in [0.15, 0.2) is 48.8 Å². The highest BCUT2D eigenvalue weighted by Crippen LogP contribution is 2.23. The van der Waals surface area contributed by atoms with Crippen LogP contribution in [0.25, 0.3) is 22.4 Å². The first-order valence-electron chi connectivity index (χ1n) is 12.2. The Balaban J connectivity index is 1.43. The van der Waals surface area contributed by atoms with Crippen LogP contribution in [-0.2, 0) is 11.3 Å². The van der Waals surface area contributed by atoms with Gasteiger partial charge < -0.3 is 9.64 Å². The van der Waals surface area contributed by atoms with Crippen LogP contribution >= 0.6 is 0 Å². The molecular formula is C26H29N7O3. The fourth-order valence-corrected chi connectivity index (χ4v) is 4.50. The van der Waals surface area contributed by atoms with E-state index in [-0.39, 0.29) is 11.8 Å². The molecule has 0 aliphatic carbocycles. The maximum Gasteiger partial charge on any atom is 0.257 e. The van der Waals surface area contributed by atoms with E-state index in [1.807, 2.05) is 27.7 Å². The summed E-state index contributed by atoms with van der Waals surface area (Å²) in [4.78, 5) is 37.3. The molecule has 0 radical (unpaired) electrons. The number of fused-ring (bicyclic) bond motifs is 1. The van der Waals surface area contributed by atoms with Gasteiger partial charge in [0.15, 0.2) is 5.65 Å². The Labute approximate surface area is 208 Å². The monoisotopic (exact) mass is 487 g/mol. The second-order valence-corrected chi connectivity index (χ2v) is 8.86. The number of aromatic amines is 1. The number of ether oxygens (including phenoxy) is 1. The van der Waals surface area contributed by atoms with Gasteiger partial charge in [0.05, 0.1) is 11.3 Å². The Kier molecular flexibility index (Phi) is 7.03. The number of H-pyrrole nitrogens is 1. The number of carbonyl (C=O) groups is 2. The van der Waals surface area contributed by atoms with E-state index in [2.05, 4.69) is 25.5 Å². The van der Waals surface area contributed by atoms with Gasteiger partial charge in [0, 0.05) is 56.9 Å². The topological polar surface area (TPSA) is 118 Å². The molecule has 1 aromatic carbocycles. The molecule has 2 N–H and O–H groups in total. The number of hydrogen-bond acceptors (Lipinski definition) is 6. The zero-order valence-electron chi connectivity index (χ0n) is 20.2. The molecular weight excluding hydrogens is 458 g/mol. The highest BCUT2D eigenvalue weighted by Gasteiger charge is 2.21. The third-order valence-corrected chi connectivity index (χ3v) is 6.37. The van der Waals surface area contributed by atoms with E-state index in [1.54, 1.807) is 37.7 Å². The zero-order valence-corrected chi connectivity index (χ0v) is 20.2. The number of piperidine rings is 1. The smallest absolute Gasteiger partial charge is 0.257 e. The molecule has 3 aromatic heterocycles. The van der Waals surface area contributed by atoms with E-state index < -0.39 is 0 Å². The number of amides is 2. The van der Waals surface area contributed by atoms with Gasteiger partial charge in [-0.2, -0.15) is 5.10 Å². The second kappa shape index (κ2) is 10.7. The summed E-state index contributed by atoms with van der Waals surface area (Å²) in [5, 5.41) is 9.83. The average molecular weight is 488 g/mol. The van der Waals surface area contributed by atoms with Crippen LogP contribution in [0.4, 0.5) is 5.95 Å². The molecule has 1 saturated heterocycles. The molecule has 0 saturated carbocycles. The van der Waals surface area contributed by atoms with E-state index in [0.717, 1.165) is 50.0 Å². The first-order chi connectivity index (χ1) is 17.6. The number of anilines is 1. The number of hydrogen-bond donors (Lipinski definition) is 2. The lowest BCUT2D eigenvalue weighted by atomic mass is 10.1. The number of nitrogens with one attached hydrogen (secondary N) is 2. The molecule has 4 aromatic rings. The Morgan fingerprint density at radius 3 is 2.75 bits per heavy atom. The lowest BCUT2D eigenvalue weighted by Crippen LogP contribution is -2.35. The summed E-state index contributed by atoms with van der Waals surface area (Å²) in [7, 11) is 1.65. The van der Waals surface area contributed by atoms with E-state index in [1.165, 1.54) is 0 Å². The number of likely N-dealkylation sites (tertiary alicyclic amines) is 1. The predicted molar refractivity (Wildman–Crippen MR) is 136 cm³/mol. The van der Waals surface area contributed by atoms with Crippen LogP contribution in [0.2, 0.25) is 0 Å². The molecule has 10 heteroatoms. The van der Waals surface area contributed by atoms with E-state index in [9.17, 15) is 9.59 Å². The highest BCUT2D eigenvalue weighted by atomic mass is 16.5. The molecule has 0 spiro atoms. The molecule has 0 bridgehead atoms. The van der Waals surface area contributed by atoms with Crippen molar-refractivity contribution in [2.45, 2.75) is 32.2 Å². The lowest BCUT2D eigenvalue weighted by Gasteiger charge is -2.26. The summed E-state index contributed by atoms with van der Waals surface area (Å²) in [6, 6.07) is 10.9. The van der Waals surface area contributed by atoms with Crippen molar-refractivity contribution in [3.63, 3.8) is 0 Å². The van der Waals surface area contributed by atoms with Crippen molar-refractivity contribution in [1.82, 2.24) is 29.6 Å². The molecule has 186 valence electrons. The maximum absolute atomic E-state index is 13.2. The predicted octanol–water partition coefficient (Wildman–Crippen LogP) is 3.74. The molecule has 1 fully saturated rings. The van der Waals surface area contributed by atoms with Crippen LogP contribution in [-0.4, -0.2) is 68.3 Å². The van der Waals surface area contributed by atoms with Gasteiger partial charge in [-0.3, -0.25) is 24.6 Å². The molecule has 0 atom stereocenters. The minimum atomic E-state index is -0.288. The summed E-state index contributed by atoms with van der Waals surface area (Å²) in [5.74, 6) is 0.0663. The van der Waals surface area contributed by atoms with Gasteiger partial charge >= 0.3 is 0 Å². The van der Waals surface area contributed by atoms with Gasteiger partial charge in [-0.25, -0.2) is 9.97 Å². The largest absolute Gasteiger partial charge is 0.385 e. The fraction of sp³-hybridized carbons (Fsp3) is 0.346. The highest BCUT2D eigenvalue weighted by molar-refractivity contribution is 6.05. The van der Waals surface area contributed by atoms with E-state index in [0.29, 0.717) is 41.4 Å². The molecule has 0 unspecified atom stereocenters. The van der Waals surface area contributed by atoms with Crippen molar-refractivity contribution < 1.29 is 14.3 Å². The van der Waals surface area contributed by atoms with Crippen molar-refractivity contribution >= 4 is 28.9 Å². The molecule has 10 nitrogen and oxygen atoms in total. The van der Waals surface area contributed by atoms with Gasteiger partial charge in [0.25, 0.3) is 11.8 Å². The van der Waals surface area contributed by atoms with Crippen LogP contribution in [0.5, 0.6) is 0 Å². The first kappa shape index (κ1) is 23.7. The Morgan fingerprint density at radius 2 is 1.97 bits per heavy atom. The molecule has 4 heterocycles. The summed E-state index contributed by atoms with van der Waals surface area (Å²) < 4.78 is 7.07. The van der Waals surface area contributed by atoms with Crippen molar-refractivity contribution in [3.8, 4) is 11.3 Å². The number of benzene rings is 1. The number of carbonyl (C=O) groups excluding carboxylic acids is 2. The number of aryl methyl sites for hydroxylation is 1. The number of pyridine rings is 1. The van der Waals surface area contributed by atoms with E-state index in [4.69, 9.17) is 4.74 Å². The minimum absolute atomic E-state index is 0.0285. The average Bonchev–Trinajstić information content (AvgIpc) is 3.57. The summed E-state index contributed by atoms with van der Waals surface area (Å²) in [6.45, 7) is 2.65. The number of nitrogens with zero attached hydrogens (tertiary/aromatic N) is 5. The van der Waals surface area contributed by atoms with Gasteiger partial charge in [0.1, 0.15) is 5.52 Å². The molecule has 2 amide bonds. The van der Waals surface area contributed by atoms with Gasteiger partial charge in [0.2, 0.25) is 5.95 Å². The normalized spacial score (nSPS) is 13.8. The van der Waals surface area contributed by atoms with Crippen molar-refractivity contribution in [3.05, 3.63) is 59.9 Å². The third-order valence-electron chi connectivity index (χ3n) is 6.37. The van der Waals surface area contributed by atoms with Crippen LogP contribution in [0.1, 0.15) is 46.4 Å². The van der Waals surface area contributed by atoms with Crippen LogP contribution < -0.4 is 5.32 Å². The first-order valence-corrected chi connectivity index (χ1v) is 12.2. The summed E-state index contributed by atoms with van der Waals surface area (Å²) >= 11 is 0.